The van der Waals surface area contributed by atoms with Gasteiger partial charge in [-0.3, -0.25) is 0 Å². The Morgan fingerprint density at radius 2 is 2.09 bits per heavy atom. The van der Waals surface area contributed by atoms with Crippen molar-refractivity contribution in [3.8, 4) is 0 Å². The minimum atomic E-state index is -0.708. The van der Waals surface area contributed by atoms with E-state index in [1.54, 1.807) is 0 Å². The maximum atomic E-state index is 12.8. The lowest BCUT2D eigenvalue weighted by molar-refractivity contribution is 0.576. The van der Waals surface area contributed by atoms with Gasteiger partial charge in [0.25, 0.3) is 0 Å². The van der Waals surface area contributed by atoms with Crippen LogP contribution in [0.3, 0.4) is 0 Å². The maximum absolute atomic E-state index is 12.8. The standard InChI is InChI=1S/C7H5F2.ClH.Mg/c1-5-2-3-6(8)4-7(5)9;;/h2-4H,1H2;1H;/q;;+1/p-1. The van der Waals surface area contributed by atoms with Crippen molar-refractivity contribution in [2.24, 2.45) is 0 Å². The van der Waals surface area contributed by atoms with Crippen molar-refractivity contribution in [3.05, 3.63) is 35.4 Å². The van der Waals surface area contributed by atoms with Crippen LogP contribution in [0.25, 0.3) is 0 Å². The first kappa shape index (κ1) is 9.23. The van der Waals surface area contributed by atoms with Crippen LogP contribution in [0.4, 0.5) is 8.78 Å². The van der Waals surface area contributed by atoms with Gasteiger partial charge in [0, 0.05) is 6.07 Å². The van der Waals surface area contributed by atoms with Gasteiger partial charge in [0.05, 0.1) is 0 Å². The van der Waals surface area contributed by atoms with Crippen molar-refractivity contribution in [1.29, 1.82) is 0 Å². The van der Waals surface area contributed by atoms with E-state index in [2.05, 4.69) is 0 Å². The van der Waals surface area contributed by atoms with Crippen molar-refractivity contribution in [3.63, 3.8) is 0 Å². The molecule has 0 spiro atoms. The van der Waals surface area contributed by atoms with Crippen LogP contribution in [0.2, 0.25) is 0 Å². The third-order valence-corrected chi connectivity index (χ3v) is 2.67. The quantitative estimate of drug-likeness (QED) is 0.623. The minimum absolute atomic E-state index is 0.488. The predicted molar refractivity (Wildman–Crippen MR) is 41.7 cm³/mol. The van der Waals surface area contributed by atoms with Crippen molar-refractivity contribution < 1.29 is 8.78 Å². The van der Waals surface area contributed by atoms with E-state index in [1.165, 1.54) is 12.1 Å². The van der Waals surface area contributed by atoms with Crippen molar-refractivity contribution in [2.75, 3.05) is 0 Å². The highest BCUT2D eigenvalue weighted by Gasteiger charge is 2.03. The zero-order valence-corrected chi connectivity index (χ0v) is 7.95. The summed E-state index contributed by atoms with van der Waals surface area (Å²) >= 11 is -0.708. The maximum Gasteiger partial charge on any atom is 0.505 e. The van der Waals surface area contributed by atoms with Gasteiger partial charge in [-0.2, -0.15) is 0 Å². The SMILES string of the molecule is Fc1ccc([CH2][Mg][Cl])c(F)c1. The van der Waals surface area contributed by atoms with Crippen LogP contribution in [0.15, 0.2) is 18.2 Å². The summed E-state index contributed by atoms with van der Waals surface area (Å²) in [4.78, 5) is 0. The molecule has 56 valence electrons. The number of hydrogen-bond donors (Lipinski definition) is 0. The minimum Gasteiger partial charge on any atom is -0.345 e. The summed E-state index contributed by atoms with van der Waals surface area (Å²) in [7, 11) is 5.53. The molecular weight excluding hydrogens is 182 g/mol. The second-order valence-electron chi connectivity index (χ2n) is 2.17. The van der Waals surface area contributed by atoms with E-state index >= 15 is 0 Å². The Labute approximate surface area is 77.1 Å². The van der Waals surface area contributed by atoms with Crippen LogP contribution in [0.5, 0.6) is 0 Å². The molecule has 4 heteroatoms. The molecule has 0 aromatic heterocycles. The summed E-state index contributed by atoms with van der Waals surface area (Å²) in [6, 6.07) is 3.58. The van der Waals surface area contributed by atoms with E-state index in [9.17, 15) is 8.78 Å². The molecule has 0 aliphatic rings. The first-order valence-electron chi connectivity index (χ1n) is 3.24. The van der Waals surface area contributed by atoms with Gasteiger partial charge in [0.15, 0.2) is 0 Å². The highest BCUT2D eigenvalue weighted by Crippen LogP contribution is 2.09. The molecule has 0 aliphatic heterocycles. The lowest BCUT2D eigenvalue weighted by Gasteiger charge is -1.98. The van der Waals surface area contributed by atoms with Crippen molar-refractivity contribution >= 4 is 28.3 Å². The number of rotatable bonds is 2. The molecule has 0 radical (unpaired) electrons. The van der Waals surface area contributed by atoms with E-state index < -0.39 is 30.9 Å². The van der Waals surface area contributed by atoms with Gasteiger partial charge >= 0.3 is 19.3 Å². The van der Waals surface area contributed by atoms with E-state index in [0.717, 1.165) is 6.07 Å². The third kappa shape index (κ3) is 2.58. The van der Waals surface area contributed by atoms with Crippen LogP contribution in [-0.4, -0.2) is 19.3 Å². The first-order chi connectivity index (χ1) is 5.24. The lowest BCUT2D eigenvalue weighted by atomic mass is 10.2. The van der Waals surface area contributed by atoms with Crippen LogP contribution in [0, 0.1) is 11.6 Å². The summed E-state index contributed by atoms with van der Waals surface area (Å²) in [6.07, 6.45) is 0. The molecule has 0 saturated carbocycles. The van der Waals surface area contributed by atoms with Gasteiger partial charge in [-0.1, -0.05) is 10.6 Å². The molecule has 0 aliphatic carbocycles. The molecule has 1 aromatic rings. The Morgan fingerprint density at radius 1 is 1.36 bits per heavy atom. The van der Waals surface area contributed by atoms with Crippen LogP contribution in [0.1, 0.15) is 5.56 Å². The molecule has 11 heavy (non-hydrogen) atoms. The molecule has 1 rings (SSSR count). The Balaban J connectivity index is 2.90. The first-order valence-corrected chi connectivity index (χ1v) is 6.37. The van der Waals surface area contributed by atoms with E-state index in [0.29, 0.717) is 10.1 Å². The molecule has 0 saturated heterocycles. The summed E-state index contributed by atoms with van der Waals surface area (Å²) in [5, 5.41) is 0. The van der Waals surface area contributed by atoms with E-state index in [4.69, 9.17) is 9.07 Å². The molecular formula is C7H5ClF2Mg. The van der Waals surface area contributed by atoms with Gasteiger partial charge in [0.2, 0.25) is 0 Å². The average molecular weight is 187 g/mol. The van der Waals surface area contributed by atoms with Crippen molar-refractivity contribution in [2.45, 2.75) is 4.55 Å². The fourth-order valence-electron chi connectivity index (χ4n) is 0.826. The molecule has 1 aromatic carbocycles. The van der Waals surface area contributed by atoms with Crippen LogP contribution >= 0.6 is 9.07 Å². The Morgan fingerprint density at radius 3 is 2.64 bits per heavy atom. The van der Waals surface area contributed by atoms with Gasteiger partial charge in [-0.05, 0) is 11.6 Å². The molecule has 0 nitrogen and oxygen atoms in total. The van der Waals surface area contributed by atoms with E-state index in [1.807, 2.05) is 0 Å². The number of hydrogen-bond acceptors (Lipinski definition) is 0. The topological polar surface area (TPSA) is 0 Å². The summed E-state index contributed by atoms with van der Waals surface area (Å²) in [5.41, 5.74) is 0.521. The Bertz CT molecular complexity index is 252. The molecule has 0 heterocycles. The molecule has 0 atom stereocenters. The fourth-order valence-corrected chi connectivity index (χ4v) is 2.05. The molecule has 0 amide bonds. The second kappa shape index (κ2) is 4.23. The molecule has 0 unspecified atom stereocenters. The largest absolute Gasteiger partial charge is 0.505 e. The van der Waals surface area contributed by atoms with E-state index in [-0.39, 0.29) is 0 Å². The average Bonchev–Trinajstić information content (AvgIpc) is 1.95. The zero-order valence-electron chi connectivity index (χ0n) is 5.78. The van der Waals surface area contributed by atoms with Gasteiger partial charge < -0.3 is 9.07 Å². The van der Waals surface area contributed by atoms with Crippen molar-refractivity contribution in [1.82, 2.24) is 0 Å². The van der Waals surface area contributed by atoms with Crippen LogP contribution in [-0.2, 0) is 4.55 Å². The zero-order chi connectivity index (χ0) is 8.27. The monoisotopic (exact) mass is 186 g/mol. The predicted octanol–water partition coefficient (Wildman–Crippen LogP) is 2.32. The van der Waals surface area contributed by atoms with Crippen LogP contribution < -0.4 is 0 Å². The highest BCUT2D eigenvalue weighted by molar-refractivity contribution is 6.93. The fraction of sp³-hybridized carbons (Fsp3) is 0.143. The smallest absolute Gasteiger partial charge is 0.345 e. The Kier molecular flexibility index (Phi) is 3.55. The highest BCUT2D eigenvalue weighted by atomic mass is 35.5. The third-order valence-electron chi connectivity index (χ3n) is 1.38. The normalized spacial score (nSPS) is 9.36. The number of benzene rings is 1. The Hall–Kier alpha value is 0.136. The summed E-state index contributed by atoms with van der Waals surface area (Å²) in [6.45, 7) is 0. The van der Waals surface area contributed by atoms with Gasteiger partial charge in [0.1, 0.15) is 11.6 Å². The molecule has 0 bridgehead atoms. The lowest BCUT2D eigenvalue weighted by Crippen LogP contribution is -1.94. The molecule has 0 N–H and O–H groups in total. The number of halogens is 3. The van der Waals surface area contributed by atoms with Gasteiger partial charge in [-0.25, -0.2) is 8.78 Å². The molecule has 0 fully saturated rings. The van der Waals surface area contributed by atoms with Gasteiger partial charge in [-0.15, -0.1) is 0 Å². The summed E-state index contributed by atoms with van der Waals surface area (Å²) < 4.78 is 25.7. The summed E-state index contributed by atoms with van der Waals surface area (Å²) in [5.74, 6) is -1.03. The second-order valence-corrected chi connectivity index (χ2v) is 4.19.